The molecule has 0 saturated heterocycles. The first-order valence-corrected chi connectivity index (χ1v) is 8.22. The number of hydrogen-bond donors (Lipinski definition) is 2. The average molecular weight is 360 g/mol. The van der Waals surface area contributed by atoms with Crippen LogP contribution in [0.5, 0.6) is 5.75 Å². The standard InChI is InChI=1S/C20H16N4O3/c1-27-20(26)14-3-2-4-15(11-14)22-19-18(13-5-7-16(25)8-6-13)23-17-12-21-9-10-24(17)19/h2-12,22,25H,1H3. The molecular formula is C20H16N4O3. The molecule has 4 rings (SSSR count). The lowest BCUT2D eigenvalue weighted by Gasteiger charge is -2.10. The number of carbonyl (C=O) groups is 1. The van der Waals surface area contributed by atoms with Crippen molar-refractivity contribution in [2.45, 2.75) is 0 Å². The first-order chi connectivity index (χ1) is 13.2. The number of phenolic OH excluding ortho intramolecular Hbond substituents is 1. The number of nitrogens with zero attached hydrogens (tertiary/aromatic N) is 3. The average Bonchev–Trinajstić information content (AvgIpc) is 3.06. The quantitative estimate of drug-likeness (QED) is 0.540. The van der Waals surface area contributed by atoms with Gasteiger partial charge in [-0.1, -0.05) is 6.07 Å². The molecule has 0 fully saturated rings. The molecule has 7 heteroatoms. The van der Waals surface area contributed by atoms with Crippen molar-refractivity contribution >= 4 is 23.1 Å². The highest BCUT2D eigenvalue weighted by Gasteiger charge is 2.15. The molecule has 27 heavy (non-hydrogen) atoms. The van der Waals surface area contributed by atoms with Crippen molar-refractivity contribution < 1.29 is 14.6 Å². The zero-order valence-electron chi connectivity index (χ0n) is 14.5. The number of imidazole rings is 1. The van der Waals surface area contributed by atoms with E-state index in [0.717, 1.165) is 17.1 Å². The maximum Gasteiger partial charge on any atom is 0.337 e. The second-order valence-electron chi connectivity index (χ2n) is 5.86. The number of carbonyl (C=O) groups excluding carboxylic acids is 1. The maximum atomic E-state index is 11.8. The Morgan fingerprint density at radius 1 is 1.19 bits per heavy atom. The van der Waals surface area contributed by atoms with Crippen LogP contribution in [0.2, 0.25) is 0 Å². The highest BCUT2D eigenvalue weighted by molar-refractivity contribution is 5.91. The molecule has 2 heterocycles. The lowest BCUT2D eigenvalue weighted by Crippen LogP contribution is -2.02. The van der Waals surface area contributed by atoms with E-state index < -0.39 is 5.97 Å². The fourth-order valence-corrected chi connectivity index (χ4v) is 2.83. The first kappa shape index (κ1) is 16.6. The molecule has 0 unspecified atom stereocenters. The van der Waals surface area contributed by atoms with Crippen LogP contribution >= 0.6 is 0 Å². The zero-order chi connectivity index (χ0) is 18.8. The molecule has 4 aromatic rings. The topological polar surface area (TPSA) is 88.8 Å². The highest BCUT2D eigenvalue weighted by Crippen LogP contribution is 2.31. The molecule has 134 valence electrons. The Balaban J connectivity index is 1.82. The van der Waals surface area contributed by atoms with Gasteiger partial charge in [0.15, 0.2) is 5.65 Å². The summed E-state index contributed by atoms with van der Waals surface area (Å²) in [5.74, 6) is 0.504. The van der Waals surface area contributed by atoms with Crippen LogP contribution in [0, 0.1) is 0 Å². The summed E-state index contributed by atoms with van der Waals surface area (Å²) in [7, 11) is 1.35. The number of nitrogens with one attached hydrogen (secondary N) is 1. The van der Waals surface area contributed by atoms with E-state index in [1.165, 1.54) is 7.11 Å². The summed E-state index contributed by atoms with van der Waals surface area (Å²) in [6.45, 7) is 0. The van der Waals surface area contributed by atoms with Crippen LogP contribution in [0.1, 0.15) is 10.4 Å². The van der Waals surface area contributed by atoms with E-state index in [1.807, 2.05) is 10.5 Å². The van der Waals surface area contributed by atoms with Crippen molar-refractivity contribution in [3.8, 4) is 17.0 Å². The van der Waals surface area contributed by atoms with Crippen molar-refractivity contribution in [1.82, 2.24) is 14.4 Å². The Morgan fingerprint density at radius 3 is 2.78 bits per heavy atom. The molecule has 2 N–H and O–H groups in total. The van der Waals surface area contributed by atoms with Gasteiger partial charge in [0.1, 0.15) is 17.3 Å². The molecule has 0 radical (unpaired) electrons. The number of phenols is 1. The van der Waals surface area contributed by atoms with Gasteiger partial charge < -0.3 is 15.2 Å². The predicted octanol–water partition coefficient (Wildman–Crippen LogP) is 3.63. The number of aromatic hydroxyl groups is 1. The van der Waals surface area contributed by atoms with Gasteiger partial charge in [-0.3, -0.25) is 9.38 Å². The number of esters is 1. The van der Waals surface area contributed by atoms with Crippen LogP contribution in [0.15, 0.2) is 67.1 Å². The Hall–Kier alpha value is -3.87. The van der Waals surface area contributed by atoms with E-state index in [-0.39, 0.29) is 5.75 Å². The van der Waals surface area contributed by atoms with Crippen molar-refractivity contribution in [3.05, 3.63) is 72.7 Å². The van der Waals surface area contributed by atoms with Gasteiger partial charge in [-0.25, -0.2) is 9.78 Å². The SMILES string of the molecule is COC(=O)c1cccc(Nc2c(-c3ccc(O)cc3)nc3cnccn23)c1. The van der Waals surface area contributed by atoms with Gasteiger partial charge in [0.25, 0.3) is 0 Å². The van der Waals surface area contributed by atoms with Gasteiger partial charge in [-0.05, 0) is 42.5 Å². The van der Waals surface area contributed by atoms with E-state index in [0.29, 0.717) is 16.9 Å². The van der Waals surface area contributed by atoms with E-state index in [4.69, 9.17) is 4.74 Å². The molecule has 0 aliphatic rings. The molecule has 7 nitrogen and oxygen atoms in total. The van der Waals surface area contributed by atoms with Crippen molar-refractivity contribution in [2.24, 2.45) is 0 Å². The second-order valence-corrected chi connectivity index (χ2v) is 5.86. The third-order valence-electron chi connectivity index (χ3n) is 4.12. The smallest absolute Gasteiger partial charge is 0.337 e. The van der Waals surface area contributed by atoms with Crippen LogP contribution in [-0.2, 0) is 4.74 Å². The van der Waals surface area contributed by atoms with Crippen LogP contribution in [0.4, 0.5) is 11.5 Å². The molecule has 2 aromatic carbocycles. The van der Waals surface area contributed by atoms with E-state index in [2.05, 4.69) is 15.3 Å². The first-order valence-electron chi connectivity index (χ1n) is 8.22. The van der Waals surface area contributed by atoms with Gasteiger partial charge >= 0.3 is 5.97 Å². The summed E-state index contributed by atoms with van der Waals surface area (Å²) in [4.78, 5) is 20.6. The Bertz CT molecular complexity index is 1120. The normalized spacial score (nSPS) is 10.7. The van der Waals surface area contributed by atoms with Crippen molar-refractivity contribution in [1.29, 1.82) is 0 Å². The summed E-state index contributed by atoms with van der Waals surface area (Å²) in [5, 5.41) is 12.9. The molecule has 0 spiro atoms. The number of hydrogen-bond acceptors (Lipinski definition) is 6. The molecule has 0 bridgehead atoms. The largest absolute Gasteiger partial charge is 0.508 e. The van der Waals surface area contributed by atoms with E-state index in [9.17, 15) is 9.90 Å². The minimum absolute atomic E-state index is 0.185. The van der Waals surface area contributed by atoms with Gasteiger partial charge in [0, 0.05) is 23.6 Å². The third-order valence-corrected chi connectivity index (χ3v) is 4.12. The number of aromatic nitrogens is 3. The number of rotatable bonds is 4. The summed E-state index contributed by atoms with van der Waals surface area (Å²) in [6, 6.07) is 13.8. The van der Waals surface area contributed by atoms with Gasteiger partial charge in [-0.2, -0.15) is 0 Å². The summed E-state index contributed by atoms with van der Waals surface area (Å²) in [6.07, 6.45) is 5.14. The maximum absolute atomic E-state index is 11.8. The monoisotopic (exact) mass is 360 g/mol. The number of ether oxygens (including phenoxy) is 1. The Kier molecular flexibility index (Phi) is 4.18. The summed E-state index contributed by atoms with van der Waals surface area (Å²) in [5.41, 5.74) is 3.38. The summed E-state index contributed by atoms with van der Waals surface area (Å²) >= 11 is 0. The molecule has 0 aliphatic carbocycles. The number of fused-ring (bicyclic) bond motifs is 1. The lowest BCUT2D eigenvalue weighted by atomic mass is 10.1. The fourth-order valence-electron chi connectivity index (χ4n) is 2.83. The third kappa shape index (κ3) is 3.18. The minimum Gasteiger partial charge on any atom is -0.508 e. The van der Waals surface area contributed by atoms with Crippen LogP contribution in [0.3, 0.4) is 0 Å². The number of anilines is 2. The Morgan fingerprint density at radius 2 is 2.00 bits per heavy atom. The molecule has 0 saturated carbocycles. The molecular weight excluding hydrogens is 344 g/mol. The molecule has 0 atom stereocenters. The second kappa shape index (κ2) is 6.80. The molecule has 2 aromatic heterocycles. The Labute approximate surface area is 154 Å². The van der Waals surface area contributed by atoms with Crippen molar-refractivity contribution in [3.63, 3.8) is 0 Å². The van der Waals surface area contributed by atoms with Crippen LogP contribution < -0.4 is 5.32 Å². The van der Waals surface area contributed by atoms with Gasteiger partial charge in [0.05, 0.1) is 18.9 Å². The molecule has 0 aliphatic heterocycles. The lowest BCUT2D eigenvalue weighted by molar-refractivity contribution is 0.0601. The van der Waals surface area contributed by atoms with Crippen LogP contribution in [-0.4, -0.2) is 32.6 Å². The highest BCUT2D eigenvalue weighted by atomic mass is 16.5. The summed E-state index contributed by atoms with van der Waals surface area (Å²) < 4.78 is 6.66. The number of methoxy groups -OCH3 is 1. The minimum atomic E-state index is -0.403. The predicted molar refractivity (Wildman–Crippen MR) is 101 cm³/mol. The molecule has 0 amide bonds. The zero-order valence-corrected chi connectivity index (χ0v) is 14.5. The number of benzene rings is 2. The van der Waals surface area contributed by atoms with E-state index >= 15 is 0 Å². The van der Waals surface area contributed by atoms with E-state index in [1.54, 1.807) is 61.1 Å². The fraction of sp³-hybridized carbons (Fsp3) is 0.0500. The van der Waals surface area contributed by atoms with Gasteiger partial charge in [-0.15, -0.1) is 0 Å². The van der Waals surface area contributed by atoms with Crippen LogP contribution in [0.25, 0.3) is 16.9 Å². The van der Waals surface area contributed by atoms with Gasteiger partial charge in [0.2, 0.25) is 0 Å². The van der Waals surface area contributed by atoms with Crippen molar-refractivity contribution in [2.75, 3.05) is 12.4 Å².